The van der Waals surface area contributed by atoms with Crippen LogP contribution in [0.4, 0.5) is 0 Å². The van der Waals surface area contributed by atoms with E-state index in [0.29, 0.717) is 48.8 Å². The molecule has 32 heavy (non-hydrogen) atoms. The molecular formula is C25H29NO6. The van der Waals surface area contributed by atoms with E-state index in [-0.39, 0.29) is 11.3 Å². The van der Waals surface area contributed by atoms with Gasteiger partial charge in [0.15, 0.2) is 0 Å². The number of methoxy groups -OCH3 is 2. The number of ketones is 1. The Kier molecular flexibility index (Phi) is 7.53. The lowest BCUT2D eigenvalue weighted by Crippen LogP contribution is -2.31. The number of hydrogen-bond donors (Lipinski definition) is 1. The summed E-state index contributed by atoms with van der Waals surface area (Å²) < 4.78 is 16.0. The molecule has 1 aliphatic rings. The fraction of sp³-hybridized carbons (Fsp3) is 0.360. The van der Waals surface area contributed by atoms with Crippen LogP contribution in [0.2, 0.25) is 0 Å². The maximum Gasteiger partial charge on any atom is 0.295 e. The highest BCUT2D eigenvalue weighted by Gasteiger charge is 2.45. The van der Waals surface area contributed by atoms with Gasteiger partial charge in [-0.3, -0.25) is 9.59 Å². The van der Waals surface area contributed by atoms with Crippen molar-refractivity contribution in [2.45, 2.75) is 26.3 Å². The third-order valence-corrected chi connectivity index (χ3v) is 5.44. The summed E-state index contributed by atoms with van der Waals surface area (Å²) in [4.78, 5) is 27.5. The number of aliphatic hydroxyl groups excluding tert-OH is 1. The summed E-state index contributed by atoms with van der Waals surface area (Å²) in [5.41, 5.74) is 2.01. The molecule has 1 amide bonds. The first-order valence-electron chi connectivity index (χ1n) is 10.6. The second kappa shape index (κ2) is 10.3. The Morgan fingerprint density at radius 3 is 2.56 bits per heavy atom. The molecule has 1 aliphatic heterocycles. The smallest absolute Gasteiger partial charge is 0.295 e. The van der Waals surface area contributed by atoms with Gasteiger partial charge in [0, 0.05) is 25.8 Å². The van der Waals surface area contributed by atoms with Crippen LogP contribution in [0.1, 0.15) is 36.1 Å². The van der Waals surface area contributed by atoms with Crippen LogP contribution in [0.3, 0.4) is 0 Å². The molecule has 0 aliphatic carbocycles. The van der Waals surface area contributed by atoms with Gasteiger partial charge in [0.25, 0.3) is 11.7 Å². The average molecular weight is 440 g/mol. The molecule has 170 valence electrons. The second-order valence-electron chi connectivity index (χ2n) is 7.53. The van der Waals surface area contributed by atoms with E-state index in [1.807, 2.05) is 32.0 Å². The van der Waals surface area contributed by atoms with Gasteiger partial charge in [0.05, 0.1) is 25.3 Å². The topological polar surface area (TPSA) is 85.3 Å². The second-order valence-corrected chi connectivity index (χ2v) is 7.53. The Morgan fingerprint density at radius 2 is 1.91 bits per heavy atom. The molecule has 1 N–H and O–H groups in total. The van der Waals surface area contributed by atoms with E-state index in [9.17, 15) is 14.7 Å². The number of rotatable bonds is 9. The molecule has 7 heteroatoms. The van der Waals surface area contributed by atoms with Crippen molar-refractivity contribution in [2.75, 3.05) is 34.0 Å². The highest BCUT2D eigenvalue weighted by Crippen LogP contribution is 2.40. The van der Waals surface area contributed by atoms with Crippen LogP contribution >= 0.6 is 0 Å². The highest BCUT2D eigenvalue weighted by molar-refractivity contribution is 6.46. The molecule has 1 saturated heterocycles. The van der Waals surface area contributed by atoms with Gasteiger partial charge in [0.2, 0.25) is 0 Å². The maximum atomic E-state index is 13.1. The minimum Gasteiger partial charge on any atom is -0.507 e. The number of carbonyl (C=O) groups is 2. The zero-order valence-corrected chi connectivity index (χ0v) is 18.9. The van der Waals surface area contributed by atoms with Gasteiger partial charge in [-0.05, 0) is 61.7 Å². The number of carbonyl (C=O) groups excluding carboxylic acids is 2. The third-order valence-electron chi connectivity index (χ3n) is 5.44. The van der Waals surface area contributed by atoms with Crippen molar-refractivity contribution in [3.8, 4) is 11.5 Å². The molecule has 1 fully saturated rings. The van der Waals surface area contributed by atoms with Crippen LogP contribution in [0.15, 0.2) is 48.0 Å². The van der Waals surface area contributed by atoms with Crippen molar-refractivity contribution in [3.05, 3.63) is 64.7 Å². The predicted molar refractivity (Wildman–Crippen MR) is 121 cm³/mol. The lowest BCUT2D eigenvalue weighted by molar-refractivity contribution is -0.140. The lowest BCUT2D eigenvalue weighted by Gasteiger charge is -2.25. The maximum absolute atomic E-state index is 13.1. The summed E-state index contributed by atoms with van der Waals surface area (Å²) in [6.45, 7) is 4.99. The minimum atomic E-state index is -0.727. The fourth-order valence-electron chi connectivity index (χ4n) is 3.96. The first kappa shape index (κ1) is 23.3. The summed E-state index contributed by atoms with van der Waals surface area (Å²) in [7, 11) is 3.15. The van der Waals surface area contributed by atoms with Crippen LogP contribution < -0.4 is 9.47 Å². The first-order chi connectivity index (χ1) is 15.4. The number of hydrogen-bond acceptors (Lipinski definition) is 6. The van der Waals surface area contributed by atoms with E-state index in [1.165, 1.54) is 4.90 Å². The Balaban J connectivity index is 2.13. The van der Waals surface area contributed by atoms with Gasteiger partial charge in [-0.2, -0.15) is 0 Å². The summed E-state index contributed by atoms with van der Waals surface area (Å²) >= 11 is 0. The standard InChI is InChI=1S/C25H29NO6/c1-5-32-19-9-6-8-17(15-19)22-21(24(28)25(29)26(22)12-7-13-30-3)23(27)18-10-11-20(31-4)16(2)14-18/h6,8-11,14-15,22,27H,5,7,12-13H2,1-4H3/b23-21+. The summed E-state index contributed by atoms with van der Waals surface area (Å²) in [6.07, 6.45) is 0.562. The normalized spacial score (nSPS) is 17.6. The number of benzene rings is 2. The van der Waals surface area contributed by atoms with Crippen molar-refractivity contribution in [3.63, 3.8) is 0 Å². The summed E-state index contributed by atoms with van der Waals surface area (Å²) in [5.74, 6) is -0.259. The lowest BCUT2D eigenvalue weighted by atomic mass is 9.94. The molecular weight excluding hydrogens is 410 g/mol. The van der Waals surface area contributed by atoms with E-state index in [0.717, 1.165) is 5.56 Å². The van der Waals surface area contributed by atoms with E-state index in [1.54, 1.807) is 38.5 Å². The summed E-state index contributed by atoms with van der Waals surface area (Å²) in [6, 6.07) is 11.7. The molecule has 2 aromatic carbocycles. The quantitative estimate of drug-likeness (QED) is 0.276. The highest BCUT2D eigenvalue weighted by atomic mass is 16.5. The number of Topliss-reactive ketones (excluding diaryl/α,β-unsaturated/α-hetero) is 1. The number of ether oxygens (including phenoxy) is 3. The number of aryl methyl sites for hydroxylation is 1. The number of nitrogens with zero attached hydrogens (tertiary/aromatic N) is 1. The first-order valence-corrected chi connectivity index (χ1v) is 10.6. The van der Waals surface area contributed by atoms with E-state index in [2.05, 4.69) is 0 Å². The van der Waals surface area contributed by atoms with E-state index < -0.39 is 17.7 Å². The van der Waals surface area contributed by atoms with Gasteiger partial charge >= 0.3 is 0 Å². The van der Waals surface area contributed by atoms with Crippen LogP contribution in [0.5, 0.6) is 11.5 Å². The third kappa shape index (κ3) is 4.62. The average Bonchev–Trinajstić information content (AvgIpc) is 3.04. The molecule has 0 saturated carbocycles. The largest absolute Gasteiger partial charge is 0.507 e. The van der Waals surface area contributed by atoms with Gasteiger partial charge in [-0.25, -0.2) is 0 Å². The zero-order valence-electron chi connectivity index (χ0n) is 18.9. The minimum absolute atomic E-state index is 0.0608. The van der Waals surface area contributed by atoms with E-state index >= 15 is 0 Å². The molecule has 2 aromatic rings. The molecule has 7 nitrogen and oxygen atoms in total. The van der Waals surface area contributed by atoms with E-state index in [4.69, 9.17) is 14.2 Å². The van der Waals surface area contributed by atoms with Crippen molar-refractivity contribution in [1.29, 1.82) is 0 Å². The Hall–Kier alpha value is -3.32. The zero-order chi connectivity index (χ0) is 23.3. The van der Waals surface area contributed by atoms with Crippen molar-refractivity contribution < 1.29 is 28.9 Å². The molecule has 0 bridgehead atoms. The molecule has 1 unspecified atom stereocenters. The molecule has 3 rings (SSSR count). The monoisotopic (exact) mass is 439 g/mol. The van der Waals surface area contributed by atoms with Crippen LogP contribution in [0.25, 0.3) is 5.76 Å². The molecule has 0 aromatic heterocycles. The predicted octanol–water partition coefficient (Wildman–Crippen LogP) is 3.86. The van der Waals surface area contributed by atoms with Crippen molar-refractivity contribution in [1.82, 2.24) is 4.90 Å². The molecule has 1 heterocycles. The van der Waals surface area contributed by atoms with Gasteiger partial charge in [-0.1, -0.05) is 12.1 Å². The number of amides is 1. The molecule has 0 radical (unpaired) electrons. The SMILES string of the molecule is CCOc1cccc(C2/C(=C(\O)c3ccc(OC)c(C)c3)C(=O)C(=O)N2CCCOC)c1. The molecule has 0 spiro atoms. The van der Waals surface area contributed by atoms with Crippen LogP contribution in [-0.2, 0) is 14.3 Å². The number of likely N-dealkylation sites (tertiary alicyclic amines) is 1. The van der Waals surface area contributed by atoms with Gasteiger partial charge < -0.3 is 24.2 Å². The summed E-state index contributed by atoms with van der Waals surface area (Å²) in [5, 5.41) is 11.2. The van der Waals surface area contributed by atoms with Gasteiger partial charge in [0.1, 0.15) is 17.3 Å². The van der Waals surface area contributed by atoms with Gasteiger partial charge in [-0.15, -0.1) is 0 Å². The van der Waals surface area contributed by atoms with Crippen molar-refractivity contribution in [2.24, 2.45) is 0 Å². The Bertz CT molecular complexity index is 1030. The van der Waals surface area contributed by atoms with Crippen molar-refractivity contribution >= 4 is 17.4 Å². The Morgan fingerprint density at radius 1 is 1.12 bits per heavy atom. The number of aliphatic hydroxyl groups is 1. The Labute approximate surface area is 188 Å². The fourth-order valence-corrected chi connectivity index (χ4v) is 3.96. The molecule has 1 atom stereocenters. The van der Waals surface area contributed by atoms with Crippen LogP contribution in [0, 0.1) is 6.92 Å². The van der Waals surface area contributed by atoms with Crippen LogP contribution in [-0.4, -0.2) is 55.7 Å².